The maximum absolute atomic E-state index is 13.4. The van der Waals surface area contributed by atoms with Crippen LogP contribution in [-0.4, -0.2) is 69.5 Å². The molecule has 7 nitrogen and oxygen atoms in total. The number of nitrogens with zero attached hydrogens (tertiary/aromatic N) is 4. The van der Waals surface area contributed by atoms with E-state index in [0.29, 0.717) is 30.0 Å². The van der Waals surface area contributed by atoms with E-state index in [-0.39, 0.29) is 23.6 Å². The predicted octanol–water partition coefficient (Wildman–Crippen LogP) is 1.93. The van der Waals surface area contributed by atoms with Crippen molar-refractivity contribution in [3.8, 4) is 5.75 Å². The van der Waals surface area contributed by atoms with E-state index in [1.165, 1.54) is 0 Å². The minimum Gasteiger partial charge on any atom is -0.508 e. The van der Waals surface area contributed by atoms with Gasteiger partial charge in [-0.15, -0.1) is 0 Å². The SMILES string of the molecule is CNc1ncc(C(=O)N2C[C@@H](c3cccc(O)c3)[C@@H]3[C@H]2C2CCN3CC2)cn1. The number of hydrogen-bond acceptors (Lipinski definition) is 6. The molecule has 4 fully saturated rings. The predicted molar refractivity (Wildman–Crippen MR) is 105 cm³/mol. The second kappa shape index (κ2) is 6.74. The Morgan fingerprint density at radius 2 is 1.93 bits per heavy atom. The largest absolute Gasteiger partial charge is 0.508 e. The molecular weight excluding hydrogens is 354 g/mol. The summed E-state index contributed by atoms with van der Waals surface area (Å²) in [6.45, 7) is 2.87. The number of anilines is 1. The fourth-order valence-electron chi connectivity index (χ4n) is 5.44. The molecule has 28 heavy (non-hydrogen) atoms. The van der Waals surface area contributed by atoms with Gasteiger partial charge in [0.1, 0.15) is 5.75 Å². The fourth-order valence-corrected chi connectivity index (χ4v) is 5.44. The van der Waals surface area contributed by atoms with Gasteiger partial charge in [-0.1, -0.05) is 12.1 Å². The van der Waals surface area contributed by atoms with Gasteiger partial charge >= 0.3 is 0 Å². The number of phenols is 1. The quantitative estimate of drug-likeness (QED) is 0.848. The van der Waals surface area contributed by atoms with E-state index in [2.05, 4.69) is 26.3 Å². The highest BCUT2D eigenvalue weighted by Gasteiger charge is 2.54. The summed E-state index contributed by atoms with van der Waals surface area (Å²) in [5.74, 6) is 1.55. The van der Waals surface area contributed by atoms with Gasteiger partial charge in [-0.3, -0.25) is 9.69 Å². The van der Waals surface area contributed by atoms with Gasteiger partial charge in [-0.05, 0) is 49.5 Å². The van der Waals surface area contributed by atoms with Crippen LogP contribution in [-0.2, 0) is 0 Å². The molecule has 4 aliphatic heterocycles. The van der Waals surface area contributed by atoms with Crippen LogP contribution in [0.15, 0.2) is 36.7 Å². The summed E-state index contributed by atoms with van der Waals surface area (Å²) < 4.78 is 0. The number of aromatic hydroxyl groups is 1. The Hall–Kier alpha value is -2.67. The highest BCUT2D eigenvalue weighted by Crippen LogP contribution is 2.47. The summed E-state index contributed by atoms with van der Waals surface area (Å²) in [6, 6.07) is 8.05. The molecule has 1 amide bonds. The van der Waals surface area contributed by atoms with Crippen LogP contribution < -0.4 is 5.32 Å². The minimum absolute atomic E-state index is 0.00839. The van der Waals surface area contributed by atoms with Gasteiger partial charge < -0.3 is 15.3 Å². The zero-order valence-corrected chi connectivity index (χ0v) is 16.0. The number of likely N-dealkylation sites (tertiary alicyclic amines) is 1. The maximum Gasteiger partial charge on any atom is 0.257 e. The average molecular weight is 379 g/mol. The van der Waals surface area contributed by atoms with Gasteiger partial charge in [-0.2, -0.15) is 0 Å². The van der Waals surface area contributed by atoms with Crippen LogP contribution in [0.5, 0.6) is 5.75 Å². The van der Waals surface area contributed by atoms with Gasteiger partial charge in [0.05, 0.1) is 11.6 Å². The molecule has 6 rings (SSSR count). The number of piperidine rings is 3. The number of carbonyl (C=O) groups excluding carboxylic acids is 1. The van der Waals surface area contributed by atoms with Gasteiger partial charge in [0.2, 0.25) is 5.95 Å². The van der Waals surface area contributed by atoms with Crippen molar-refractivity contribution >= 4 is 11.9 Å². The zero-order chi connectivity index (χ0) is 19.3. The van der Waals surface area contributed by atoms with E-state index in [1.54, 1.807) is 25.5 Å². The van der Waals surface area contributed by atoms with E-state index in [1.807, 2.05) is 17.0 Å². The smallest absolute Gasteiger partial charge is 0.257 e. The third-order valence-electron chi connectivity index (χ3n) is 6.68. The third-order valence-corrected chi connectivity index (χ3v) is 6.68. The first-order chi connectivity index (χ1) is 13.7. The van der Waals surface area contributed by atoms with Gasteiger partial charge in [-0.25, -0.2) is 9.97 Å². The summed E-state index contributed by atoms with van der Waals surface area (Å²) in [7, 11) is 1.76. The second-order valence-corrected chi connectivity index (χ2v) is 8.06. The number of fused-ring (bicyclic) bond motifs is 2. The number of nitrogens with one attached hydrogen (secondary N) is 1. The second-order valence-electron chi connectivity index (χ2n) is 8.06. The van der Waals surface area contributed by atoms with Crippen molar-refractivity contribution in [2.45, 2.75) is 30.8 Å². The number of benzene rings is 1. The molecule has 3 atom stereocenters. The molecule has 5 heterocycles. The summed E-state index contributed by atoms with van der Waals surface area (Å²) in [5.41, 5.74) is 1.64. The summed E-state index contributed by atoms with van der Waals surface area (Å²) in [4.78, 5) is 26.4. The van der Waals surface area contributed by atoms with Gasteiger partial charge in [0.15, 0.2) is 0 Å². The topological polar surface area (TPSA) is 81.6 Å². The maximum atomic E-state index is 13.4. The van der Waals surface area contributed by atoms with Crippen LogP contribution in [0.1, 0.15) is 34.7 Å². The van der Waals surface area contributed by atoms with Crippen LogP contribution >= 0.6 is 0 Å². The first-order valence-electron chi connectivity index (χ1n) is 9.99. The molecule has 0 radical (unpaired) electrons. The molecule has 1 aromatic carbocycles. The molecule has 0 saturated carbocycles. The Labute approximate surface area is 164 Å². The normalized spacial score (nSPS) is 30.9. The number of amides is 1. The third kappa shape index (κ3) is 2.73. The summed E-state index contributed by atoms with van der Waals surface area (Å²) >= 11 is 0. The van der Waals surface area contributed by atoms with Crippen molar-refractivity contribution in [1.82, 2.24) is 19.8 Å². The Balaban J connectivity index is 1.50. The van der Waals surface area contributed by atoms with E-state index < -0.39 is 0 Å². The number of rotatable bonds is 3. The van der Waals surface area contributed by atoms with Crippen molar-refractivity contribution in [3.05, 3.63) is 47.8 Å². The van der Waals surface area contributed by atoms with E-state index in [9.17, 15) is 9.90 Å². The molecule has 4 aliphatic rings. The van der Waals surface area contributed by atoms with Crippen molar-refractivity contribution < 1.29 is 9.90 Å². The van der Waals surface area contributed by atoms with Gasteiger partial charge in [0.25, 0.3) is 5.91 Å². The lowest BCUT2D eigenvalue weighted by Gasteiger charge is -2.51. The van der Waals surface area contributed by atoms with Gasteiger partial charge in [0, 0.05) is 37.9 Å². The number of hydrogen-bond donors (Lipinski definition) is 2. The van der Waals surface area contributed by atoms with Crippen molar-refractivity contribution in [3.63, 3.8) is 0 Å². The van der Waals surface area contributed by atoms with Crippen LogP contribution in [0.25, 0.3) is 0 Å². The van der Waals surface area contributed by atoms with E-state index in [4.69, 9.17) is 0 Å². The summed E-state index contributed by atoms with van der Waals surface area (Å²) in [6.07, 6.45) is 5.51. The highest BCUT2D eigenvalue weighted by molar-refractivity contribution is 5.94. The van der Waals surface area contributed by atoms with Crippen molar-refractivity contribution in [2.24, 2.45) is 5.92 Å². The molecule has 1 aromatic heterocycles. The molecular formula is C21H25N5O2. The van der Waals surface area contributed by atoms with E-state index >= 15 is 0 Å². The number of phenolic OH excluding ortho intramolecular Hbond substituents is 1. The first-order valence-corrected chi connectivity index (χ1v) is 9.99. The molecule has 2 aromatic rings. The van der Waals surface area contributed by atoms with Crippen LogP contribution in [0, 0.1) is 5.92 Å². The zero-order valence-electron chi connectivity index (χ0n) is 16.0. The highest BCUT2D eigenvalue weighted by atomic mass is 16.3. The van der Waals surface area contributed by atoms with Crippen molar-refractivity contribution in [2.75, 3.05) is 32.0 Å². The van der Waals surface area contributed by atoms with Crippen LogP contribution in [0.3, 0.4) is 0 Å². The Bertz CT molecular complexity index is 879. The molecule has 0 spiro atoms. The molecule has 7 heteroatoms. The lowest BCUT2D eigenvalue weighted by Crippen LogP contribution is -2.60. The molecule has 146 valence electrons. The number of aromatic nitrogens is 2. The minimum atomic E-state index is 0.00839. The molecule has 2 N–H and O–H groups in total. The molecule has 0 unspecified atom stereocenters. The lowest BCUT2D eigenvalue weighted by atomic mass is 9.75. The Kier molecular flexibility index (Phi) is 4.19. The summed E-state index contributed by atoms with van der Waals surface area (Å²) in [5, 5.41) is 12.9. The molecule has 2 bridgehead atoms. The average Bonchev–Trinajstić information content (AvgIpc) is 3.17. The lowest BCUT2D eigenvalue weighted by molar-refractivity contribution is -0.00344. The monoisotopic (exact) mass is 379 g/mol. The standard InChI is InChI=1S/C21H25N5O2/c1-22-21-23-10-15(11-24-21)20(28)26-12-17(14-3-2-4-16(27)9-14)19-18(26)13-5-7-25(19)8-6-13/h2-4,9-11,13,17-19,27H,5-8,12H2,1H3,(H,22,23,24)/t17-,18+,19+/m0/s1. The van der Waals surface area contributed by atoms with E-state index in [0.717, 1.165) is 31.5 Å². The Morgan fingerprint density at radius 1 is 1.18 bits per heavy atom. The molecule has 0 aliphatic carbocycles. The fraction of sp³-hybridized carbons (Fsp3) is 0.476. The van der Waals surface area contributed by atoms with Crippen LogP contribution in [0.2, 0.25) is 0 Å². The van der Waals surface area contributed by atoms with Crippen molar-refractivity contribution in [1.29, 1.82) is 0 Å². The number of carbonyl (C=O) groups is 1. The van der Waals surface area contributed by atoms with Crippen LogP contribution in [0.4, 0.5) is 5.95 Å². The first kappa shape index (κ1) is 17.4. The molecule has 4 saturated heterocycles. The Morgan fingerprint density at radius 3 is 2.61 bits per heavy atom.